The fourth-order valence-electron chi connectivity index (χ4n) is 3.74. The number of rotatable bonds is 4. The van der Waals surface area contributed by atoms with Crippen LogP contribution in [-0.2, 0) is 0 Å². The smallest absolute Gasteiger partial charge is 0.208 e. The van der Waals surface area contributed by atoms with Gasteiger partial charge in [0.05, 0.1) is 16.7 Å². The third kappa shape index (κ3) is 3.63. The lowest BCUT2D eigenvalue weighted by Gasteiger charge is -2.24. The number of anilines is 1. The highest BCUT2D eigenvalue weighted by molar-refractivity contribution is 14.1. The van der Waals surface area contributed by atoms with Crippen LogP contribution in [0.1, 0.15) is 24.1 Å². The van der Waals surface area contributed by atoms with Crippen molar-refractivity contribution in [1.29, 1.82) is 0 Å². The molecule has 0 saturated heterocycles. The van der Waals surface area contributed by atoms with E-state index in [-0.39, 0.29) is 17.3 Å². The van der Waals surface area contributed by atoms with Gasteiger partial charge in [-0.3, -0.25) is 9.78 Å². The van der Waals surface area contributed by atoms with E-state index in [9.17, 15) is 4.79 Å². The lowest BCUT2D eigenvalue weighted by Crippen LogP contribution is -2.19. The topological polar surface area (TPSA) is 95.9 Å². The second kappa shape index (κ2) is 8.43. The van der Waals surface area contributed by atoms with Crippen molar-refractivity contribution in [3.8, 4) is 16.9 Å². The van der Waals surface area contributed by atoms with Crippen molar-refractivity contribution < 1.29 is 4.74 Å². The lowest BCUT2D eigenvalue weighted by molar-refractivity contribution is 0.405. The molecule has 4 rings (SSSR count). The molecule has 2 N–H and O–H groups in total. The van der Waals surface area contributed by atoms with Gasteiger partial charge in [0.25, 0.3) is 0 Å². The predicted octanol–water partition coefficient (Wildman–Crippen LogP) is 4.62. The van der Waals surface area contributed by atoms with Gasteiger partial charge >= 0.3 is 0 Å². The number of nitrogens with two attached hydrogens (primary N) is 1. The van der Waals surface area contributed by atoms with Gasteiger partial charge in [-0.05, 0) is 54.1 Å². The summed E-state index contributed by atoms with van der Waals surface area (Å²) in [6.07, 6.45) is 6.62. The quantitative estimate of drug-likeness (QED) is 0.375. The first-order valence-electron chi connectivity index (χ1n) is 9.43. The Morgan fingerprint density at radius 3 is 2.77 bits per heavy atom. The molecule has 1 aromatic carbocycles. The van der Waals surface area contributed by atoms with Gasteiger partial charge in [-0.1, -0.05) is 17.7 Å². The van der Waals surface area contributed by atoms with E-state index in [1.165, 1.54) is 6.33 Å². The molecule has 1 unspecified atom stereocenters. The van der Waals surface area contributed by atoms with Gasteiger partial charge in [-0.25, -0.2) is 9.97 Å². The Balaban J connectivity index is 2.02. The summed E-state index contributed by atoms with van der Waals surface area (Å²) in [6, 6.07) is 5.46. The zero-order valence-corrected chi connectivity index (χ0v) is 20.0. The number of benzene rings is 1. The van der Waals surface area contributed by atoms with Crippen molar-refractivity contribution in [3.05, 3.63) is 73.1 Å². The highest BCUT2D eigenvalue weighted by Gasteiger charge is 2.24. The number of pyridine rings is 2. The van der Waals surface area contributed by atoms with Crippen LogP contribution in [0.25, 0.3) is 22.2 Å². The van der Waals surface area contributed by atoms with Crippen LogP contribution in [0.5, 0.6) is 5.75 Å². The molecule has 9 heteroatoms. The van der Waals surface area contributed by atoms with Gasteiger partial charge in [-0.15, -0.1) is 0 Å². The standard InChI is InChI=1S/C22H19ClIN5O2/c1-11-15(23)7-14(20(31-3)17(11)13-5-4-6-26-8-13)12(2)29-9-16(24)19(30)18-21(25)27-10-28-22(18)29/h4-10,12H,1-3H3,(H2,25,27,28). The Hall–Kier alpha value is -2.72. The van der Waals surface area contributed by atoms with E-state index in [1.807, 2.05) is 59.2 Å². The summed E-state index contributed by atoms with van der Waals surface area (Å²) in [6.45, 7) is 3.95. The monoisotopic (exact) mass is 547 g/mol. The van der Waals surface area contributed by atoms with Gasteiger partial charge in [0.2, 0.25) is 5.43 Å². The Labute approximate surface area is 197 Å². The summed E-state index contributed by atoms with van der Waals surface area (Å²) < 4.78 is 8.29. The van der Waals surface area contributed by atoms with E-state index in [0.29, 0.717) is 25.4 Å². The summed E-state index contributed by atoms with van der Waals surface area (Å²) >= 11 is 8.65. The zero-order chi connectivity index (χ0) is 22.3. The maximum atomic E-state index is 12.7. The largest absolute Gasteiger partial charge is 0.496 e. The van der Waals surface area contributed by atoms with Crippen LogP contribution in [0, 0.1) is 10.5 Å². The summed E-state index contributed by atoms with van der Waals surface area (Å²) in [5.41, 5.74) is 9.79. The molecule has 3 heterocycles. The first-order chi connectivity index (χ1) is 14.8. The fourth-order valence-corrected chi connectivity index (χ4v) is 4.52. The van der Waals surface area contributed by atoms with Gasteiger partial charge in [-0.2, -0.15) is 0 Å². The third-order valence-electron chi connectivity index (χ3n) is 5.32. The van der Waals surface area contributed by atoms with Crippen LogP contribution in [-0.4, -0.2) is 26.6 Å². The number of hydrogen-bond donors (Lipinski definition) is 1. The molecule has 31 heavy (non-hydrogen) atoms. The zero-order valence-electron chi connectivity index (χ0n) is 17.1. The first-order valence-corrected chi connectivity index (χ1v) is 10.9. The molecule has 4 aromatic rings. The minimum atomic E-state index is -0.269. The summed E-state index contributed by atoms with van der Waals surface area (Å²) in [7, 11) is 1.63. The Morgan fingerprint density at radius 2 is 2.10 bits per heavy atom. The highest BCUT2D eigenvalue weighted by atomic mass is 127. The van der Waals surface area contributed by atoms with E-state index in [0.717, 1.165) is 22.3 Å². The SMILES string of the molecule is COc1c(C(C)n2cc(I)c(=O)c3c(N)ncnc32)cc(Cl)c(C)c1-c1cccnc1. The van der Waals surface area contributed by atoms with Gasteiger partial charge < -0.3 is 15.0 Å². The molecule has 0 aliphatic heterocycles. The number of nitrogen functional groups attached to an aromatic ring is 1. The number of halogens is 2. The van der Waals surface area contributed by atoms with Crippen molar-refractivity contribution in [3.63, 3.8) is 0 Å². The molecule has 3 aromatic heterocycles. The number of fused-ring (bicyclic) bond motifs is 1. The molecule has 1 atom stereocenters. The molecule has 0 fully saturated rings. The van der Waals surface area contributed by atoms with Crippen molar-refractivity contribution in [1.82, 2.24) is 19.5 Å². The minimum Gasteiger partial charge on any atom is -0.496 e. The molecule has 0 bridgehead atoms. The number of hydrogen-bond acceptors (Lipinski definition) is 6. The van der Waals surface area contributed by atoms with Crippen molar-refractivity contribution in [2.24, 2.45) is 0 Å². The summed E-state index contributed by atoms with van der Waals surface area (Å²) in [5.74, 6) is 0.839. The van der Waals surface area contributed by atoms with Crippen LogP contribution in [0.2, 0.25) is 5.02 Å². The van der Waals surface area contributed by atoms with Crippen molar-refractivity contribution in [2.75, 3.05) is 12.8 Å². The minimum absolute atomic E-state index is 0.152. The second-order valence-electron chi connectivity index (χ2n) is 7.07. The second-order valence-corrected chi connectivity index (χ2v) is 8.64. The Bertz CT molecular complexity index is 1360. The van der Waals surface area contributed by atoms with Crippen molar-refractivity contribution >= 4 is 51.0 Å². The maximum absolute atomic E-state index is 12.7. The third-order valence-corrected chi connectivity index (χ3v) is 6.48. The Morgan fingerprint density at radius 1 is 1.32 bits per heavy atom. The maximum Gasteiger partial charge on any atom is 0.208 e. The molecule has 0 aliphatic carbocycles. The number of methoxy groups -OCH3 is 1. The van der Waals surface area contributed by atoms with Crippen LogP contribution in [0.4, 0.5) is 5.82 Å². The van der Waals surface area contributed by atoms with E-state index >= 15 is 0 Å². The molecule has 0 radical (unpaired) electrons. The van der Waals surface area contributed by atoms with Crippen LogP contribution >= 0.6 is 34.2 Å². The molecule has 0 amide bonds. The molecule has 0 aliphatic rings. The van der Waals surface area contributed by atoms with E-state index in [4.69, 9.17) is 22.1 Å². The van der Waals surface area contributed by atoms with E-state index in [1.54, 1.807) is 25.7 Å². The average Bonchev–Trinajstić information content (AvgIpc) is 2.77. The lowest BCUT2D eigenvalue weighted by atomic mass is 9.94. The molecule has 158 valence electrons. The molecule has 0 spiro atoms. The van der Waals surface area contributed by atoms with Crippen LogP contribution < -0.4 is 15.9 Å². The molecular weight excluding hydrogens is 529 g/mol. The summed E-state index contributed by atoms with van der Waals surface area (Å²) in [5, 5.41) is 0.904. The van der Waals surface area contributed by atoms with E-state index < -0.39 is 0 Å². The normalized spacial score (nSPS) is 12.2. The fraction of sp³-hybridized carbons (Fsp3) is 0.182. The summed E-state index contributed by atoms with van der Waals surface area (Å²) in [4.78, 5) is 25.3. The van der Waals surface area contributed by atoms with Gasteiger partial charge in [0.1, 0.15) is 28.9 Å². The molecular formula is C22H19ClIN5O2. The number of aromatic nitrogens is 4. The van der Waals surface area contributed by atoms with Crippen molar-refractivity contribution in [2.45, 2.75) is 19.9 Å². The number of ether oxygens (including phenoxy) is 1. The molecule has 7 nitrogen and oxygen atoms in total. The first kappa shape index (κ1) is 21.5. The Kier molecular flexibility index (Phi) is 5.85. The highest BCUT2D eigenvalue weighted by Crippen LogP contribution is 2.43. The molecule has 0 saturated carbocycles. The van der Waals surface area contributed by atoms with Gasteiger partial charge in [0, 0.05) is 40.3 Å². The van der Waals surface area contributed by atoms with Gasteiger partial charge in [0.15, 0.2) is 0 Å². The number of nitrogens with zero attached hydrogens (tertiary/aromatic N) is 4. The van der Waals surface area contributed by atoms with E-state index in [2.05, 4.69) is 15.0 Å². The van der Waals surface area contributed by atoms with Crippen LogP contribution in [0.15, 0.2) is 47.9 Å². The average molecular weight is 548 g/mol. The van der Waals surface area contributed by atoms with Crippen LogP contribution in [0.3, 0.4) is 0 Å². The predicted molar refractivity (Wildman–Crippen MR) is 131 cm³/mol.